The Balaban J connectivity index is 1.21. The molecule has 352 valence electrons. The molecule has 0 spiro atoms. The quantitative estimate of drug-likeness (QED) is 0.0406. The Labute approximate surface area is 369 Å². The van der Waals surface area contributed by atoms with Gasteiger partial charge < -0.3 is 66.0 Å². The molecule has 0 radical (unpaired) electrons. The van der Waals surface area contributed by atoms with Crippen LogP contribution in [0.15, 0.2) is 64.2 Å². The molecule has 3 aromatic rings. The zero-order valence-corrected chi connectivity index (χ0v) is 36.2. The summed E-state index contributed by atoms with van der Waals surface area (Å²) < 4.78 is 35.2. The average Bonchev–Trinajstić information content (AvgIpc) is 3.26. The van der Waals surface area contributed by atoms with Crippen molar-refractivity contribution in [2.75, 3.05) is 63.3 Å². The third kappa shape index (κ3) is 15.3. The number of aliphatic hydroxyl groups is 3. The SMILES string of the molecule is CC(C)(C)OC(=O)NCCOCCNc1c(NCCCCCCO[C@]2(C(=O)O)C[C@H](O)[C@@H](NC(=O)CF)[C@H]([C@H](O)[C@H](O)CNC(=O)Cc3ccc(-c4ccccc4)cc3)O2)c(=O)c1=O. The van der Waals surface area contributed by atoms with Crippen molar-refractivity contribution < 1.29 is 62.9 Å². The van der Waals surface area contributed by atoms with E-state index in [1.165, 1.54) is 0 Å². The summed E-state index contributed by atoms with van der Waals surface area (Å²) in [4.78, 5) is 73.3. The number of amides is 3. The van der Waals surface area contributed by atoms with Crippen LogP contribution in [0.3, 0.4) is 0 Å². The van der Waals surface area contributed by atoms with Gasteiger partial charge in [-0.15, -0.1) is 0 Å². The predicted octanol–water partition coefficient (Wildman–Crippen LogP) is 1.36. The molecule has 6 atom stereocenters. The van der Waals surface area contributed by atoms with Gasteiger partial charge in [0.1, 0.15) is 29.2 Å². The molecule has 1 fully saturated rings. The van der Waals surface area contributed by atoms with Gasteiger partial charge in [-0.25, -0.2) is 14.0 Å². The highest BCUT2D eigenvalue weighted by Crippen LogP contribution is 2.34. The number of carbonyl (C=O) groups excluding carboxylic acids is 3. The molecule has 0 unspecified atom stereocenters. The van der Waals surface area contributed by atoms with Crippen LogP contribution in [0.25, 0.3) is 11.1 Å². The van der Waals surface area contributed by atoms with Crippen molar-refractivity contribution in [1.29, 1.82) is 0 Å². The van der Waals surface area contributed by atoms with Crippen LogP contribution in [0.5, 0.6) is 0 Å². The summed E-state index contributed by atoms with van der Waals surface area (Å²) >= 11 is 0. The number of hydrogen-bond acceptors (Lipinski definition) is 15. The lowest BCUT2D eigenvalue weighted by Gasteiger charge is -2.46. The molecule has 0 aliphatic carbocycles. The van der Waals surface area contributed by atoms with E-state index in [1.54, 1.807) is 32.9 Å². The van der Waals surface area contributed by atoms with E-state index >= 15 is 0 Å². The van der Waals surface area contributed by atoms with Gasteiger partial charge in [0.15, 0.2) is 6.67 Å². The lowest BCUT2D eigenvalue weighted by atomic mass is 9.88. The molecule has 0 aromatic heterocycles. The molecule has 1 aliphatic rings. The highest BCUT2D eigenvalue weighted by molar-refractivity contribution is 5.79. The van der Waals surface area contributed by atoms with Crippen molar-refractivity contribution >= 4 is 35.3 Å². The molecule has 1 saturated heterocycles. The number of halogens is 1. The highest BCUT2D eigenvalue weighted by Gasteiger charge is 2.55. The van der Waals surface area contributed by atoms with Crippen LogP contribution >= 0.6 is 0 Å². The third-order valence-corrected chi connectivity index (χ3v) is 10.1. The van der Waals surface area contributed by atoms with Crippen LogP contribution in [0.4, 0.5) is 20.6 Å². The van der Waals surface area contributed by atoms with Gasteiger partial charge in [-0.3, -0.25) is 19.2 Å². The number of alkyl halides is 1. The molecular formula is C44H60FN5O14. The summed E-state index contributed by atoms with van der Waals surface area (Å²) in [5, 5.41) is 56.4. The maximum absolute atomic E-state index is 13.2. The Bertz CT molecular complexity index is 2040. The molecule has 0 saturated carbocycles. The Morgan fingerprint density at radius 3 is 2.09 bits per heavy atom. The number of hydrogen-bond donors (Lipinski definition) is 9. The second-order valence-electron chi connectivity index (χ2n) is 16.3. The number of rotatable bonds is 26. The fourth-order valence-corrected chi connectivity index (χ4v) is 6.84. The number of carboxylic acids is 1. The normalized spacial score (nSPS) is 19.6. The highest BCUT2D eigenvalue weighted by atomic mass is 19.1. The smallest absolute Gasteiger partial charge is 0.407 e. The number of carbonyl (C=O) groups is 4. The van der Waals surface area contributed by atoms with Gasteiger partial charge in [-0.1, -0.05) is 67.4 Å². The number of benzene rings is 2. The minimum absolute atomic E-state index is 0.0627. The van der Waals surface area contributed by atoms with Gasteiger partial charge >= 0.3 is 12.1 Å². The molecule has 9 N–H and O–H groups in total. The summed E-state index contributed by atoms with van der Waals surface area (Å²) in [6.45, 7) is 4.26. The number of carboxylic acid groups (broad SMARTS) is 1. The van der Waals surface area contributed by atoms with Crippen molar-refractivity contribution in [3.63, 3.8) is 0 Å². The van der Waals surface area contributed by atoms with Gasteiger partial charge in [0.05, 0.1) is 44.5 Å². The van der Waals surface area contributed by atoms with Crippen molar-refractivity contribution in [2.45, 2.75) is 101 Å². The molecule has 19 nitrogen and oxygen atoms in total. The van der Waals surface area contributed by atoms with E-state index in [9.17, 15) is 53.6 Å². The number of unbranched alkanes of at least 4 members (excludes halogenated alkanes) is 3. The Hall–Kier alpha value is -5.51. The summed E-state index contributed by atoms with van der Waals surface area (Å²) in [5.74, 6) is -5.89. The lowest BCUT2D eigenvalue weighted by molar-refractivity contribution is -0.310. The largest absolute Gasteiger partial charge is 0.477 e. The monoisotopic (exact) mass is 901 g/mol. The van der Waals surface area contributed by atoms with Crippen molar-refractivity contribution in [2.24, 2.45) is 0 Å². The van der Waals surface area contributed by atoms with Crippen molar-refractivity contribution in [3.05, 3.63) is 80.6 Å². The van der Waals surface area contributed by atoms with Crippen LogP contribution in [-0.2, 0) is 39.8 Å². The molecule has 1 aliphatic heterocycles. The maximum Gasteiger partial charge on any atom is 0.407 e. The van der Waals surface area contributed by atoms with Gasteiger partial charge in [0.25, 0.3) is 22.6 Å². The van der Waals surface area contributed by atoms with Crippen molar-refractivity contribution in [3.8, 4) is 11.1 Å². The van der Waals surface area contributed by atoms with Crippen LogP contribution in [0.1, 0.15) is 58.4 Å². The maximum atomic E-state index is 13.2. The van der Waals surface area contributed by atoms with Gasteiger partial charge in [0.2, 0.25) is 5.91 Å². The van der Waals surface area contributed by atoms with Crippen LogP contribution < -0.4 is 37.4 Å². The Morgan fingerprint density at radius 1 is 0.828 bits per heavy atom. The molecule has 3 amide bonds. The lowest BCUT2D eigenvalue weighted by Crippen LogP contribution is -2.68. The average molecular weight is 902 g/mol. The van der Waals surface area contributed by atoms with Crippen LogP contribution in [0.2, 0.25) is 0 Å². The first kappa shape index (κ1) is 51.1. The number of ether oxygens (including phenoxy) is 4. The molecule has 64 heavy (non-hydrogen) atoms. The van der Waals surface area contributed by atoms with E-state index in [2.05, 4.69) is 26.6 Å². The summed E-state index contributed by atoms with van der Waals surface area (Å²) in [6, 6.07) is 15.3. The fraction of sp³-hybridized carbons (Fsp3) is 0.545. The van der Waals surface area contributed by atoms with E-state index in [-0.39, 0.29) is 50.7 Å². The minimum Gasteiger partial charge on any atom is -0.477 e. The summed E-state index contributed by atoms with van der Waals surface area (Å²) in [5.41, 5.74) is 1.00. The number of alkyl carbamates (subject to hydrolysis) is 1. The number of aliphatic carboxylic acids is 1. The van der Waals surface area contributed by atoms with E-state index in [1.807, 2.05) is 42.5 Å². The zero-order valence-electron chi connectivity index (χ0n) is 36.2. The first-order chi connectivity index (χ1) is 30.4. The van der Waals surface area contributed by atoms with E-state index in [4.69, 9.17) is 18.9 Å². The van der Waals surface area contributed by atoms with Gasteiger partial charge in [-0.05, 0) is 50.3 Å². The molecule has 1 heterocycles. The minimum atomic E-state index is -2.53. The van der Waals surface area contributed by atoms with Gasteiger partial charge in [0, 0.05) is 32.6 Å². The molecule has 20 heteroatoms. The predicted molar refractivity (Wildman–Crippen MR) is 232 cm³/mol. The second-order valence-corrected chi connectivity index (χ2v) is 16.3. The molecule has 4 rings (SSSR count). The third-order valence-electron chi connectivity index (χ3n) is 10.1. The van der Waals surface area contributed by atoms with E-state index in [0.717, 1.165) is 11.1 Å². The van der Waals surface area contributed by atoms with Gasteiger partial charge in [-0.2, -0.15) is 0 Å². The number of anilines is 2. The molecule has 3 aromatic carbocycles. The first-order valence-corrected chi connectivity index (χ1v) is 21.2. The second kappa shape index (κ2) is 24.5. The van der Waals surface area contributed by atoms with E-state index in [0.29, 0.717) is 37.8 Å². The molecular weight excluding hydrogens is 842 g/mol. The molecule has 0 bridgehead atoms. The summed E-state index contributed by atoms with van der Waals surface area (Å²) in [6.07, 6.45) is -6.71. The topological polar surface area (TPSA) is 280 Å². The Kier molecular flexibility index (Phi) is 19.6. The summed E-state index contributed by atoms with van der Waals surface area (Å²) in [7, 11) is 0. The standard InChI is InChI=1S/C44H60FN5O14/c1-43(2,3)64-42(60)48-19-22-61-21-18-47-36-35(38(56)39(36)57)46-17-9-4-5-10-20-62-44(41(58)59)24-30(51)34(50-33(54)25-45)40(63-44)37(55)31(52)26-49-32(53)23-27-13-15-29(16-14-27)28-11-7-6-8-12-28/h6-8,11-16,30-31,34,37,40,46-47,51-52,55H,4-5,9-10,17-26H2,1-3H3,(H,48,60)(H,49,53)(H,50,54)(H,58,59)/t30-,31+,34+,37+,40+,44+/m0/s1. The van der Waals surface area contributed by atoms with E-state index < -0.39 is 96.2 Å². The Morgan fingerprint density at radius 2 is 1.45 bits per heavy atom. The number of nitrogens with one attached hydrogen (secondary N) is 5. The fourth-order valence-electron chi connectivity index (χ4n) is 6.84. The zero-order chi connectivity index (χ0) is 46.9. The van der Waals surface area contributed by atoms with Crippen LogP contribution in [-0.4, -0.2) is 139 Å². The van der Waals surface area contributed by atoms with Crippen molar-refractivity contribution in [1.82, 2.24) is 16.0 Å². The first-order valence-electron chi connectivity index (χ1n) is 21.2. The number of aliphatic hydroxyl groups excluding tert-OH is 3. The van der Waals surface area contributed by atoms with Crippen LogP contribution in [0, 0.1) is 0 Å².